The number of hydrogen-bond acceptors (Lipinski definition) is 2. The van der Waals surface area contributed by atoms with E-state index in [9.17, 15) is 0 Å². The van der Waals surface area contributed by atoms with E-state index in [2.05, 4.69) is 46.2 Å². The van der Waals surface area contributed by atoms with Crippen molar-refractivity contribution in [2.24, 2.45) is 5.92 Å². The molecule has 0 saturated carbocycles. The fourth-order valence-corrected chi connectivity index (χ4v) is 3.32. The molecule has 0 spiro atoms. The minimum Gasteiger partial charge on any atom is -0.236 e. The van der Waals surface area contributed by atoms with E-state index in [1.165, 1.54) is 36.9 Å². The molecule has 1 aliphatic rings. The smallest absolute Gasteiger partial charge is 0.159 e. The van der Waals surface area contributed by atoms with Crippen LogP contribution in [0.2, 0.25) is 0 Å². The molecule has 1 aromatic carbocycles. The fourth-order valence-electron chi connectivity index (χ4n) is 3.06. The van der Waals surface area contributed by atoms with Crippen molar-refractivity contribution in [3.8, 4) is 11.4 Å². The quantitative estimate of drug-likeness (QED) is 0.761. The second-order valence-electron chi connectivity index (χ2n) is 5.92. The van der Waals surface area contributed by atoms with Crippen molar-refractivity contribution in [3.63, 3.8) is 0 Å². The summed E-state index contributed by atoms with van der Waals surface area (Å²) in [6.45, 7) is 2.27. The Morgan fingerprint density at radius 1 is 1.24 bits per heavy atom. The fraction of sp³-hybridized carbons (Fsp3) is 0.444. The summed E-state index contributed by atoms with van der Waals surface area (Å²) in [4.78, 5) is 9.38. The molecule has 0 amide bonds. The highest BCUT2D eigenvalue weighted by Gasteiger charge is 2.20. The molecule has 21 heavy (non-hydrogen) atoms. The van der Waals surface area contributed by atoms with E-state index in [0.29, 0.717) is 0 Å². The molecule has 0 N–H and O–H groups in total. The summed E-state index contributed by atoms with van der Waals surface area (Å²) < 4.78 is 1.09. The van der Waals surface area contributed by atoms with Crippen molar-refractivity contribution in [2.45, 2.75) is 45.4 Å². The first kappa shape index (κ1) is 14.7. The third-order valence-electron chi connectivity index (χ3n) is 4.32. The number of nitrogens with zero attached hydrogens (tertiary/aromatic N) is 2. The molecule has 2 nitrogen and oxygen atoms in total. The maximum Gasteiger partial charge on any atom is 0.159 e. The van der Waals surface area contributed by atoms with Crippen LogP contribution in [0.15, 0.2) is 34.9 Å². The van der Waals surface area contributed by atoms with Gasteiger partial charge in [-0.15, -0.1) is 0 Å². The Morgan fingerprint density at radius 3 is 2.81 bits per heavy atom. The van der Waals surface area contributed by atoms with Crippen LogP contribution in [0.4, 0.5) is 0 Å². The van der Waals surface area contributed by atoms with Crippen molar-refractivity contribution >= 4 is 15.9 Å². The molecule has 0 fully saturated rings. The standard InChI is InChI=1S/C18H21BrN2/c1-2-3-4-13-5-10-17-15(11-13)12-20-18(21-17)14-6-8-16(19)9-7-14/h6-9,12-13H,2-5,10-11H2,1H3. The molecule has 3 heteroatoms. The number of benzene rings is 1. The highest BCUT2D eigenvalue weighted by molar-refractivity contribution is 9.10. The summed E-state index contributed by atoms with van der Waals surface area (Å²) in [5, 5.41) is 0. The Balaban J connectivity index is 1.78. The van der Waals surface area contributed by atoms with Gasteiger partial charge >= 0.3 is 0 Å². The summed E-state index contributed by atoms with van der Waals surface area (Å²) >= 11 is 3.46. The number of hydrogen-bond donors (Lipinski definition) is 0. The normalized spacial score (nSPS) is 17.5. The number of fused-ring (bicyclic) bond motifs is 1. The van der Waals surface area contributed by atoms with Crippen LogP contribution in [-0.4, -0.2) is 9.97 Å². The molecule has 1 aromatic heterocycles. The average molecular weight is 345 g/mol. The SMILES string of the molecule is CCCCC1CCc2nc(-c3ccc(Br)cc3)ncc2C1. The summed E-state index contributed by atoms with van der Waals surface area (Å²) in [6, 6.07) is 8.22. The van der Waals surface area contributed by atoms with E-state index in [4.69, 9.17) is 4.98 Å². The van der Waals surface area contributed by atoms with E-state index in [-0.39, 0.29) is 0 Å². The first-order valence-electron chi connectivity index (χ1n) is 7.87. The molecule has 1 heterocycles. The molecule has 0 aliphatic heterocycles. The Morgan fingerprint density at radius 2 is 2.05 bits per heavy atom. The Bertz CT molecular complexity index is 607. The van der Waals surface area contributed by atoms with Gasteiger partial charge < -0.3 is 0 Å². The maximum atomic E-state index is 4.80. The molecule has 0 radical (unpaired) electrons. The van der Waals surface area contributed by atoms with Gasteiger partial charge in [0.05, 0.1) is 0 Å². The van der Waals surface area contributed by atoms with Crippen LogP contribution >= 0.6 is 15.9 Å². The monoisotopic (exact) mass is 344 g/mol. The van der Waals surface area contributed by atoms with Crippen LogP contribution in [0, 0.1) is 5.92 Å². The molecule has 0 bridgehead atoms. The summed E-state index contributed by atoms with van der Waals surface area (Å²) in [7, 11) is 0. The Hall–Kier alpha value is -1.22. The average Bonchev–Trinajstić information content (AvgIpc) is 2.53. The maximum absolute atomic E-state index is 4.80. The molecule has 0 saturated heterocycles. The summed E-state index contributed by atoms with van der Waals surface area (Å²) in [6.07, 6.45) is 9.60. The van der Waals surface area contributed by atoms with Crippen LogP contribution in [0.3, 0.4) is 0 Å². The number of rotatable bonds is 4. The minimum atomic E-state index is 0.833. The summed E-state index contributed by atoms with van der Waals surface area (Å²) in [5.74, 6) is 1.69. The topological polar surface area (TPSA) is 25.8 Å². The molecule has 3 rings (SSSR count). The number of aryl methyl sites for hydroxylation is 1. The predicted octanol–water partition coefficient (Wildman–Crippen LogP) is 5.20. The molecule has 1 atom stereocenters. The minimum absolute atomic E-state index is 0.833. The summed E-state index contributed by atoms with van der Waals surface area (Å²) in [5.41, 5.74) is 3.72. The first-order valence-corrected chi connectivity index (χ1v) is 8.66. The van der Waals surface area contributed by atoms with Gasteiger partial charge in [0.25, 0.3) is 0 Å². The first-order chi connectivity index (χ1) is 10.3. The lowest BCUT2D eigenvalue weighted by Crippen LogP contribution is -2.16. The molecule has 1 aliphatic carbocycles. The number of unbranched alkanes of at least 4 members (excludes halogenated alkanes) is 1. The van der Waals surface area contributed by atoms with Crippen LogP contribution in [0.1, 0.15) is 43.9 Å². The van der Waals surface area contributed by atoms with Gasteiger partial charge in [0.2, 0.25) is 0 Å². The molecular weight excluding hydrogens is 324 g/mol. The highest BCUT2D eigenvalue weighted by Crippen LogP contribution is 2.29. The van der Waals surface area contributed by atoms with Crippen molar-refractivity contribution in [1.82, 2.24) is 9.97 Å². The largest absolute Gasteiger partial charge is 0.236 e. The zero-order chi connectivity index (χ0) is 14.7. The van der Waals surface area contributed by atoms with Crippen LogP contribution in [0.25, 0.3) is 11.4 Å². The zero-order valence-corrected chi connectivity index (χ0v) is 14.1. The van der Waals surface area contributed by atoms with Crippen molar-refractivity contribution in [1.29, 1.82) is 0 Å². The van der Waals surface area contributed by atoms with E-state index in [1.807, 2.05) is 12.1 Å². The van der Waals surface area contributed by atoms with Crippen molar-refractivity contribution < 1.29 is 0 Å². The third kappa shape index (κ3) is 3.52. The Kier molecular flexibility index (Phi) is 4.69. The second kappa shape index (κ2) is 6.69. The third-order valence-corrected chi connectivity index (χ3v) is 4.85. The second-order valence-corrected chi connectivity index (χ2v) is 6.84. The highest BCUT2D eigenvalue weighted by atomic mass is 79.9. The number of halogens is 1. The van der Waals surface area contributed by atoms with Crippen LogP contribution in [0.5, 0.6) is 0 Å². The van der Waals surface area contributed by atoms with Gasteiger partial charge in [0.1, 0.15) is 0 Å². The lowest BCUT2D eigenvalue weighted by molar-refractivity contribution is 0.408. The van der Waals surface area contributed by atoms with Gasteiger partial charge in [-0.1, -0.05) is 54.2 Å². The van der Waals surface area contributed by atoms with Crippen LogP contribution in [-0.2, 0) is 12.8 Å². The van der Waals surface area contributed by atoms with Crippen molar-refractivity contribution in [2.75, 3.05) is 0 Å². The molecule has 110 valence electrons. The van der Waals surface area contributed by atoms with Gasteiger partial charge in [-0.05, 0) is 42.9 Å². The van der Waals surface area contributed by atoms with Gasteiger partial charge in [-0.25, -0.2) is 9.97 Å². The lowest BCUT2D eigenvalue weighted by atomic mass is 9.84. The lowest BCUT2D eigenvalue weighted by Gasteiger charge is -2.23. The Labute approximate surface area is 135 Å². The number of aromatic nitrogens is 2. The molecular formula is C18H21BrN2. The van der Waals surface area contributed by atoms with Gasteiger partial charge in [0.15, 0.2) is 5.82 Å². The van der Waals surface area contributed by atoms with Crippen LogP contribution < -0.4 is 0 Å². The van der Waals surface area contributed by atoms with Gasteiger partial charge in [0, 0.05) is 21.9 Å². The molecule has 2 aromatic rings. The van der Waals surface area contributed by atoms with Gasteiger partial charge in [-0.2, -0.15) is 0 Å². The molecule has 1 unspecified atom stereocenters. The van der Waals surface area contributed by atoms with E-state index in [0.717, 1.165) is 34.6 Å². The van der Waals surface area contributed by atoms with E-state index in [1.54, 1.807) is 0 Å². The predicted molar refractivity (Wildman–Crippen MR) is 90.2 cm³/mol. The van der Waals surface area contributed by atoms with E-state index < -0.39 is 0 Å². The zero-order valence-electron chi connectivity index (χ0n) is 12.5. The van der Waals surface area contributed by atoms with Crippen molar-refractivity contribution in [3.05, 3.63) is 46.2 Å². The van der Waals surface area contributed by atoms with Gasteiger partial charge in [-0.3, -0.25) is 0 Å². The van der Waals surface area contributed by atoms with E-state index >= 15 is 0 Å².